The molecule has 4 aromatic carbocycles. The van der Waals surface area contributed by atoms with E-state index in [1.807, 2.05) is 91.0 Å². The van der Waals surface area contributed by atoms with E-state index in [1.165, 1.54) is 37.3 Å². The van der Waals surface area contributed by atoms with Gasteiger partial charge in [-0.1, -0.05) is 152 Å². The van der Waals surface area contributed by atoms with E-state index in [-0.39, 0.29) is 31.8 Å². The van der Waals surface area contributed by atoms with Gasteiger partial charge in [0.25, 0.3) is 12.9 Å². The quantitative estimate of drug-likeness (QED) is 0.0438. The van der Waals surface area contributed by atoms with Gasteiger partial charge in [-0.15, -0.1) is 0 Å². The molecular formula is C52H52F4O8. The van der Waals surface area contributed by atoms with E-state index < -0.39 is 12.9 Å². The largest absolute Gasteiger partial charge is 0.463 e. The molecule has 0 aliphatic heterocycles. The second-order valence-electron chi connectivity index (χ2n) is 12.4. The fourth-order valence-electron chi connectivity index (χ4n) is 4.94. The predicted octanol–water partition coefficient (Wildman–Crippen LogP) is 10.9. The van der Waals surface area contributed by atoms with Crippen molar-refractivity contribution in [2.75, 3.05) is 26.4 Å². The second-order valence-corrected chi connectivity index (χ2v) is 12.4. The molecule has 4 rings (SSSR count). The number of aliphatic hydroxyl groups excluding tert-OH is 2. The van der Waals surface area contributed by atoms with Gasteiger partial charge in [-0.05, 0) is 87.9 Å². The Balaban J connectivity index is 0.000000431. The predicted molar refractivity (Wildman–Crippen MR) is 250 cm³/mol. The van der Waals surface area contributed by atoms with Gasteiger partial charge in [0.2, 0.25) is 0 Å². The summed E-state index contributed by atoms with van der Waals surface area (Å²) in [6.07, 6.45) is 20.2. The van der Waals surface area contributed by atoms with E-state index in [1.54, 1.807) is 67.6 Å². The summed E-state index contributed by atoms with van der Waals surface area (Å²) in [5.74, 6) is -0.684. The molecule has 0 unspecified atom stereocenters. The topological polar surface area (TPSA) is 127 Å². The third-order valence-corrected chi connectivity index (χ3v) is 7.71. The number of benzene rings is 4. The Morgan fingerprint density at radius 3 is 1.16 bits per heavy atom. The number of carbonyl (C=O) groups is 4. The maximum atomic E-state index is 11.9. The summed E-state index contributed by atoms with van der Waals surface area (Å²) in [5, 5.41) is 17.3. The summed E-state index contributed by atoms with van der Waals surface area (Å²) in [6, 6.07) is 29.4. The van der Waals surface area contributed by atoms with Crippen LogP contribution < -0.4 is 0 Å². The summed E-state index contributed by atoms with van der Waals surface area (Å²) in [7, 11) is 0. The number of rotatable bonds is 18. The minimum atomic E-state index is -2.55. The monoisotopic (exact) mass is 880 g/mol. The van der Waals surface area contributed by atoms with Crippen LogP contribution in [0.4, 0.5) is 17.6 Å². The number of esters is 2. The molecule has 64 heavy (non-hydrogen) atoms. The Labute approximate surface area is 371 Å². The first-order valence-corrected chi connectivity index (χ1v) is 19.7. The van der Waals surface area contributed by atoms with E-state index in [0.29, 0.717) is 17.7 Å². The maximum Gasteiger partial charge on any atom is 0.330 e. The number of alkyl halides is 4. The molecule has 0 aromatic heterocycles. The van der Waals surface area contributed by atoms with Gasteiger partial charge >= 0.3 is 11.9 Å². The molecule has 8 nitrogen and oxygen atoms in total. The first kappa shape index (κ1) is 54.7. The number of aldehydes is 2. The van der Waals surface area contributed by atoms with Crippen LogP contribution in [0.1, 0.15) is 58.4 Å². The highest BCUT2D eigenvalue weighted by Crippen LogP contribution is 2.16. The van der Waals surface area contributed by atoms with Gasteiger partial charge in [0.1, 0.15) is 19.2 Å². The van der Waals surface area contributed by atoms with Crippen LogP contribution in [0.15, 0.2) is 146 Å². The molecular weight excluding hydrogens is 829 g/mol. The highest BCUT2D eigenvalue weighted by Gasteiger charge is 2.01. The molecule has 0 heterocycles. The van der Waals surface area contributed by atoms with Crippen LogP contribution in [0, 0.1) is 0 Å². The number of carbonyl (C=O) groups excluding carboxylic acids is 4. The Bertz CT molecular complexity index is 2130. The van der Waals surface area contributed by atoms with Crippen LogP contribution in [-0.2, 0) is 28.7 Å². The first-order chi connectivity index (χ1) is 31.0. The van der Waals surface area contributed by atoms with Gasteiger partial charge in [0.05, 0.1) is 19.8 Å². The van der Waals surface area contributed by atoms with Crippen molar-refractivity contribution in [1.82, 2.24) is 0 Å². The lowest BCUT2D eigenvalue weighted by atomic mass is 10.1. The molecule has 0 amide bonds. The molecule has 12 heteroatoms. The average Bonchev–Trinajstić information content (AvgIpc) is 3.29. The Kier molecular flexibility index (Phi) is 30.2. The number of hydrogen-bond donors (Lipinski definition) is 2. The Morgan fingerprint density at radius 2 is 0.844 bits per heavy atom. The van der Waals surface area contributed by atoms with Crippen molar-refractivity contribution < 1.29 is 56.4 Å². The molecule has 336 valence electrons. The molecule has 0 radical (unpaired) electrons. The smallest absolute Gasteiger partial charge is 0.330 e. The minimum absolute atomic E-state index is 0.0397. The standard InChI is InChI=1S/C16H18O4.C12H10F4.C12H14O2.C12H10O2/c1-3-19-16(18)11-10-15-8-5-4-7-14(15)9-6-12-20-13(2)17;13-11(14)7-5-9-3-1-2-4-10(9)6-8-12(15)16;2*13-9-3-7-11-5-1-2-6-12(11)8-4-10-14/h4-11H,3,12H2,1-2H3;1-8,11-12H;1-8,13-14H,9-10H2;1-10H/b9-6+,11-10+;7-5+,8-6+;2*7-3+,8-4+. The van der Waals surface area contributed by atoms with Gasteiger partial charge in [-0.3, -0.25) is 14.4 Å². The van der Waals surface area contributed by atoms with Crippen molar-refractivity contribution in [3.63, 3.8) is 0 Å². The second kappa shape index (κ2) is 35.3. The van der Waals surface area contributed by atoms with Crippen molar-refractivity contribution in [3.8, 4) is 0 Å². The van der Waals surface area contributed by atoms with Crippen molar-refractivity contribution >= 4 is 73.1 Å². The number of ether oxygens (including phenoxy) is 2. The first-order valence-electron chi connectivity index (χ1n) is 19.7. The maximum absolute atomic E-state index is 11.9. The van der Waals surface area contributed by atoms with Gasteiger partial charge in [0.15, 0.2) is 0 Å². The molecule has 0 aliphatic carbocycles. The average molecular weight is 881 g/mol. The summed E-state index contributed by atoms with van der Waals surface area (Å²) in [5.41, 5.74) is 6.69. The number of hydrogen-bond acceptors (Lipinski definition) is 8. The SMILES string of the molecule is CCOC(=O)/C=C/c1ccccc1/C=C/COC(C)=O.FC(F)/C=C/c1ccccc1/C=C/C(F)F.O=C/C=C/c1ccccc1/C=C/C=O.OC/C=C/c1ccccc1/C=C/CO. The van der Waals surface area contributed by atoms with Crippen LogP contribution >= 0.6 is 0 Å². The normalized spacial score (nSPS) is 11.4. The summed E-state index contributed by atoms with van der Waals surface area (Å²) < 4.78 is 57.4. The van der Waals surface area contributed by atoms with Gasteiger partial charge < -0.3 is 19.7 Å². The molecule has 0 fully saturated rings. The number of halogens is 4. The third-order valence-electron chi connectivity index (χ3n) is 7.71. The zero-order valence-electron chi connectivity index (χ0n) is 35.5. The fraction of sp³-hybridized carbons (Fsp3) is 0.154. The Morgan fingerprint density at radius 1 is 0.516 bits per heavy atom. The van der Waals surface area contributed by atoms with Gasteiger partial charge in [0, 0.05) is 13.0 Å². The lowest BCUT2D eigenvalue weighted by Gasteiger charge is -2.01. The van der Waals surface area contributed by atoms with Crippen molar-refractivity contribution in [3.05, 3.63) is 190 Å². The van der Waals surface area contributed by atoms with Crippen molar-refractivity contribution in [1.29, 1.82) is 0 Å². The molecule has 0 spiro atoms. The van der Waals surface area contributed by atoms with E-state index >= 15 is 0 Å². The highest BCUT2D eigenvalue weighted by molar-refractivity contribution is 5.88. The zero-order chi connectivity index (χ0) is 47.2. The van der Waals surface area contributed by atoms with E-state index in [2.05, 4.69) is 0 Å². The minimum Gasteiger partial charge on any atom is -0.463 e. The molecule has 0 atom stereocenters. The molecule has 0 saturated heterocycles. The molecule has 0 bridgehead atoms. The van der Waals surface area contributed by atoms with Crippen LogP contribution in [-0.4, -0.2) is 74.0 Å². The fourth-order valence-corrected chi connectivity index (χ4v) is 4.94. The van der Waals surface area contributed by atoms with E-state index in [9.17, 15) is 36.7 Å². The van der Waals surface area contributed by atoms with Crippen LogP contribution in [0.25, 0.3) is 48.6 Å². The van der Waals surface area contributed by atoms with Crippen LogP contribution in [0.2, 0.25) is 0 Å². The number of aliphatic hydroxyl groups is 2. The Hall–Kier alpha value is -7.28. The summed E-state index contributed by atoms with van der Waals surface area (Å²) >= 11 is 0. The highest BCUT2D eigenvalue weighted by atomic mass is 19.3. The van der Waals surface area contributed by atoms with Gasteiger partial charge in [-0.2, -0.15) is 0 Å². The lowest BCUT2D eigenvalue weighted by Crippen LogP contribution is -1.98. The molecule has 2 N–H and O–H groups in total. The van der Waals surface area contributed by atoms with Crippen molar-refractivity contribution in [2.45, 2.75) is 26.7 Å². The number of allylic oxidation sites excluding steroid dienone is 4. The molecule has 4 aromatic rings. The van der Waals surface area contributed by atoms with Crippen molar-refractivity contribution in [2.24, 2.45) is 0 Å². The van der Waals surface area contributed by atoms with E-state index in [0.717, 1.165) is 58.1 Å². The molecule has 0 aliphatic rings. The lowest BCUT2D eigenvalue weighted by molar-refractivity contribution is -0.140. The summed E-state index contributed by atoms with van der Waals surface area (Å²) in [6.45, 7) is 3.79. The molecule has 0 saturated carbocycles. The van der Waals surface area contributed by atoms with E-state index in [4.69, 9.17) is 19.7 Å². The summed E-state index contributed by atoms with van der Waals surface area (Å²) in [4.78, 5) is 42.2. The van der Waals surface area contributed by atoms with Gasteiger partial charge in [-0.25, -0.2) is 22.4 Å². The third kappa shape index (κ3) is 26.1. The van der Waals surface area contributed by atoms with Crippen LogP contribution in [0.3, 0.4) is 0 Å². The van der Waals surface area contributed by atoms with Crippen LogP contribution in [0.5, 0.6) is 0 Å². The zero-order valence-corrected chi connectivity index (χ0v) is 35.5.